The van der Waals surface area contributed by atoms with Crippen molar-refractivity contribution in [1.29, 1.82) is 0 Å². The summed E-state index contributed by atoms with van der Waals surface area (Å²) < 4.78 is 0. The molecule has 0 radical (unpaired) electrons. The molecule has 0 rings (SSSR count). The smallest absolute Gasteiger partial charge is 0.329 e. The molecule has 0 aliphatic carbocycles. The first-order valence-electron chi connectivity index (χ1n) is 4.55. The lowest BCUT2D eigenvalue weighted by Gasteiger charge is -2.34. The van der Waals surface area contributed by atoms with E-state index in [9.17, 15) is 9.59 Å². The average Bonchev–Trinajstić information content (AvgIpc) is 2.03. The third kappa shape index (κ3) is 2.99. The van der Waals surface area contributed by atoms with Gasteiger partial charge in [-0.05, 0) is 26.8 Å². The van der Waals surface area contributed by atoms with Crippen LogP contribution in [0.25, 0.3) is 0 Å². The number of aliphatic carboxylic acids is 1. The van der Waals surface area contributed by atoms with Crippen LogP contribution in [0.2, 0.25) is 0 Å². The molecular weight excluding hydrogens is 184 g/mol. The second-order valence-electron chi connectivity index (χ2n) is 3.68. The van der Waals surface area contributed by atoms with Crippen LogP contribution in [0.4, 0.5) is 0 Å². The maximum Gasteiger partial charge on any atom is 0.329 e. The largest absolute Gasteiger partial charge is 0.480 e. The van der Waals surface area contributed by atoms with E-state index in [0.29, 0.717) is 19.5 Å². The summed E-state index contributed by atoms with van der Waals surface area (Å²) in [5.41, 5.74) is 4.15. The standard InChI is InChI=1S/C9H18N2O3/c1-7(12)11(6-4-5-10)9(2,3)8(13)14/h4-6,10H2,1-3H3,(H,13,14). The Morgan fingerprint density at radius 3 is 2.21 bits per heavy atom. The number of nitrogens with two attached hydrogens (primary N) is 1. The van der Waals surface area contributed by atoms with E-state index < -0.39 is 11.5 Å². The summed E-state index contributed by atoms with van der Waals surface area (Å²) in [7, 11) is 0. The molecule has 0 atom stereocenters. The lowest BCUT2D eigenvalue weighted by Crippen LogP contribution is -2.52. The SMILES string of the molecule is CC(=O)N(CCCN)C(C)(C)C(=O)O. The Labute approximate surface area is 83.9 Å². The van der Waals surface area contributed by atoms with Crippen LogP contribution in [0.15, 0.2) is 0 Å². The van der Waals surface area contributed by atoms with Gasteiger partial charge in [0.05, 0.1) is 0 Å². The Morgan fingerprint density at radius 2 is 1.93 bits per heavy atom. The molecule has 0 aliphatic heterocycles. The Balaban J connectivity index is 4.64. The second kappa shape index (κ2) is 4.95. The lowest BCUT2D eigenvalue weighted by atomic mass is 10.0. The number of hydrogen-bond acceptors (Lipinski definition) is 3. The highest BCUT2D eigenvalue weighted by atomic mass is 16.4. The van der Waals surface area contributed by atoms with Gasteiger partial charge >= 0.3 is 5.97 Å². The number of hydrogen-bond donors (Lipinski definition) is 2. The van der Waals surface area contributed by atoms with Gasteiger partial charge in [0, 0.05) is 13.5 Å². The molecule has 0 aromatic carbocycles. The van der Waals surface area contributed by atoms with Gasteiger partial charge in [-0.15, -0.1) is 0 Å². The van der Waals surface area contributed by atoms with Crippen molar-refractivity contribution in [3.63, 3.8) is 0 Å². The minimum Gasteiger partial charge on any atom is -0.480 e. The zero-order valence-corrected chi connectivity index (χ0v) is 8.91. The Bertz CT molecular complexity index is 226. The van der Waals surface area contributed by atoms with Crippen LogP contribution in [0, 0.1) is 0 Å². The van der Waals surface area contributed by atoms with Gasteiger partial charge in [-0.25, -0.2) is 4.79 Å². The summed E-state index contributed by atoms with van der Waals surface area (Å²) in [6.45, 7) is 5.20. The highest BCUT2D eigenvalue weighted by Gasteiger charge is 2.35. The van der Waals surface area contributed by atoms with Crippen molar-refractivity contribution >= 4 is 11.9 Å². The third-order valence-electron chi connectivity index (χ3n) is 2.16. The quantitative estimate of drug-likeness (QED) is 0.659. The topological polar surface area (TPSA) is 83.6 Å². The van der Waals surface area contributed by atoms with Gasteiger partial charge in [0.15, 0.2) is 0 Å². The number of carbonyl (C=O) groups excluding carboxylic acids is 1. The van der Waals surface area contributed by atoms with Gasteiger partial charge in [0.25, 0.3) is 0 Å². The van der Waals surface area contributed by atoms with Crippen molar-refractivity contribution < 1.29 is 14.7 Å². The lowest BCUT2D eigenvalue weighted by molar-refractivity contribution is -0.156. The van der Waals surface area contributed by atoms with Crippen LogP contribution in [-0.2, 0) is 9.59 Å². The maximum absolute atomic E-state index is 11.2. The predicted octanol–water partition coefficient (Wildman–Crippen LogP) is 0.0469. The average molecular weight is 202 g/mol. The monoisotopic (exact) mass is 202 g/mol. The summed E-state index contributed by atoms with van der Waals surface area (Å²) in [5.74, 6) is -1.25. The summed E-state index contributed by atoms with van der Waals surface area (Å²) in [5, 5.41) is 8.93. The number of carboxylic acids is 1. The molecule has 0 heterocycles. The molecule has 3 N–H and O–H groups in total. The van der Waals surface area contributed by atoms with E-state index in [1.165, 1.54) is 25.7 Å². The fourth-order valence-electron chi connectivity index (χ4n) is 1.20. The molecule has 0 aromatic heterocycles. The van der Waals surface area contributed by atoms with E-state index in [1.807, 2.05) is 0 Å². The summed E-state index contributed by atoms with van der Waals surface area (Å²) >= 11 is 0. The van der Waals surface area contributed by atoms with Gasteiger partial charge in [0.2, 0.25) is 5.91 Å². The first-order chi connectivity index (χ1) is 6.34. The number of carbonyl (C=O) groups is 2. The van der Waals surface area contributed by atoms with Crippen molar-refractivity contribution in [2.24, 2.45) is 5.73 Å². The van der Waals surface area contributed by atoms with Gasteiger partial charge < -0.3 is 15.7 Å². The minimum absolute atomic E-state index is 0.245. The molecule has 0 fully saturated rings. The van der Waals surface area contributed by atoms with Crippen LogP contribution in [0.5, 0.6) is 0 Å². The van der Waals surface area contributed by atoms with Crippen LogP contribution in [0.3, 0.4) is 0 Å². The fourth-order valence-corrected chi connectivity index (χ4v) is 1.20. The zero-order valence-electron chi connectivity index (χ0n) is 8.91. The summed E-state index contributed by atoms with van der Waals surface area (Å²) in [6.07, 6.45) is 0.607. The van der Waals surface area contributed by atoms with Crippen LogP contribution < -0.4 is 5.73 Å². The molecule has 0 saturated carbocycles. The minimum atomic E-state index is -1.17. The fraction of sp³-hybridized carbons (Fsp3) is 0.778. The number of carboxylic acid groups (broad SMARTS) is 1. The molecule has 82 valence electrons. The highest BCUT2D eigenvalue weighted by Crippen LogP contribution is 2.15. The third-order valence-corrected chi connectivity index (χ3v) is 2.16. The van der Waals surface area contributed by atoms with E-state index in [4.69, 9.17) is 10.8 Å². The zero-order chi connectivity index (χ0) is 11.4. The second-order valence-corrected chi connectivity index (χ2v) is 3.68. The first-order valence-corrected chi connectivity index (χ1v) is 4.55. The number of nitrogens with zero attached hydrogens (tertiary/aromatic N) is 1. The Hall–Kier alpha value is -1.10. The molecule has 0 aliphatic rings. The van der Waals surface area contributed by atoms with Crippen molar-refractivity contribution in [2.45, 2.75) is 32.7 Å². The molecule has 0 aromatic rings. The van der Waals surface area contributed by atoms with E-state index in [0.717, 1.165) is 0 Å². The molecule has 5 heteroatoms. The van der Waals surface area contributed by atoms with E-state index in [-0.39, 0.29) is 5.91 Å². The normalized spacial score (nSPS) is 11.1. The predicted molar refractivity (Wildman–Crippen MR) is 52.8 cm³/mol. The van der Waals surface area contributed by atoms with Gasteiger partial charge in [-0.2, -0.15) is 0 Å². The van der Waals surface area contributed by atoms with Crippen LogP contribution >= 0.6 is 0 Å². The van der Waals surface area contributed by atoms with Crippen molar-refractivity contribution in [1.82, 2.24) is 4.90 Å². The first kappa shape index (κ1) is 12.9. The number of amides is 1. The Kier molecular flexibility index (Phi) is 4.56. The van der Waals surface area contributed by atoms with E-state index in [1.54, 1.807) is 0 Å². The molecule has 0 bridgehead atoms. The molecule has 5 nitrogen and oxygen atoms in total. The van der Waals surface area contributed by atoms with E-state index in [2.05, 4.69) is 0 Å². The van der Waals surface area contributed by atoms with E-state index >= 15 is 0 Å². The summed E-state index contributed by atoms with van der Waals surface area (Å²) in [4.78, 5) is 23.4. The maximum atomic E-state index is 11.2. The van der Waals surface area contributed by atoms with Crippen molar-refractivity contribution in [3.8, 4) is 0 Å². The van der Waals surface area contributed by atoms with Crippen molar-refractivity contribution in [3.05, 3.63) is 0 Å². The molecule has 14 heavy (non-hydrogen) atoms. The summed E-state index contributed by atoms with van der Waals surface area (Å²) in [6, 6.07) is 0. The molecule has 1 amide bonds. The molecule has 0 spiro atoms. The molecule has 0 unspecified atom stereocenters. The van der Waals surface area contributed by atoms with Crippen LogP contribution in [-0.4, -0.2) is 40.5 Å². The van der Waals surface area contributed by atoms with Gasteiger partial charge in [-0.3, -0.25) is 4.79 Å². The van der Waals surface area contributed by atoms with Gasteiger partial charge in [-0.1, -0.05) is 0 Å². The highest BCUT2D eigenvalue weighted by molar-refractivity contribution is 5.85. The molecule has 0 saturated heterocycles. The Morgan fingerprint density at radius 1 is 1.43 bits per heavy atom. The molecular formula is C9H18N2O3. The van der Waals surface area contributed by atoms with Gasteiger partial charge in [0.1, 0.15) is 5.54 Å². The van der Waals surface area contributed by atoms with Crippen LogP contribution in [0.1, 0.15) is 27.2 Å². The van der Waals surface area contributed by atoms with Crippen molar-refractivity contribution in [2.75, 3.05) is 13.1 Å². The number of rotatable bonds is 5.